The molecule has 0 N–H and O–H groups in total. The molecule has 0 aliphatic heterocycles. The summed E-state index contributed by atoms with van der Waals surface area (Å²) in [6.45, 7) is 2.42. The third kappa shape index (κ3) is 2.61. The van der Waals surface area contributed by atoms with E-state index in [1.807, 2.05) is 36.7 Å². The Morgan fingerprint density at radius 1 is 1.24 bits per heavy atom. The molecule has 1 aromatic heterocycles. The fourth-order valence-electron chi connectivity index (χ4n) is 1.86. The molecule has 0 saturated heterocycles. The van der Waals surface area contributed by atoms with Gasteiger partial charge in [-0.05, 0) is 24.8 Å². The highest BCUT2D eigenvalue weighted by Crippen LogP contribution is 2.23. The molecular formula is C14H15NOS. The molecule has 2 aromatic rings. The molecular weight excluding hydrogens is 230 g/mol. The van der Waals surface area contributed by atoms with Gasteiger partial charge in [-0.15, -0.1) is 11.8 Å². The molecule has 0 unspecified atom stereocenters. The molecule has 0 spiro atoms. The zero-order valence-electron chi connectivity index (χ0n) is 10.0. The zero-order chi connectivity index (χ0) is 12.3. The lowest BCUT2D eigenvalue weighted by atomic mass is 10.2. The predicted molar refractivity (Wildman–Crippen MR) is 71.8 cm³/mol. The number of hydrogen-bond acceptors (Lipinski definition) is 2. The molecule has 0 radical (unpaired) electrons. The van der Waals surface area contributed by atoms with E-state index in [1.165, 1.54) is 5.56 Å². The molecule has 0 aliphatic rings. The van der Waals surface area contributed by atoms with Gasteiger partial charge in [0.1, 0.15) is 0 Å². The Balaban J connectivity index is 2.31. The van der Waals surface area contributed by atoms with Crippen LogP contribution in [0.2, 0.25) is 0 Å². The van der Waals surface area contributed by atoms with Crippen LogP contribution in [0.1, 0.15) is 22.8 Å². The Morgan fingerprint density at radius 2 is 1.94 bits per heavy atom. The van der Waals surface area contributed by atoms with E-state index in [1.54, 1.807) is 18.7 Å². The molecule has 0 aliphatic carbocycles. The number of Topliss-reactive ketones (excluding diaryl/α,β-unsaturated/α-hetero) is 1. The van der Waals surface area contributed by atoms with Gasteiger partial charge in [-0.2, -0.15) is 0 Å². The standard InChI is InChI=1S/C14H15NOS/c1-11(16)13-8-9-15(14(13)17-2)10-12-6-4-3-5-7-12/h3-9H,10H2,1-2H3. The summed E-state index contributed by atoms with van der Waals surface area (Å²) < 4.78 is 2.12. The molecule has 2 rings (SSSR count). The Bertz CT molecular complexity index is 516. The summed E-state index contributed by atoms with van der Waals surface area (Å²) in [4.78, 5) is 11.5. The topological polar surface area (TPSA) is 22.0 Å². The molecule has 88 valence electrons. The molecule has 1 aromatic carbocycles. The minimum Gasteiger partial charge on any atom is -0.338 e. The van der Waals surface area contributed by atoms with E-state index in [0.29, 0.717) is 0 Å². The number of aromatic nitrogens is 1. The largest absolute Gasteiger partial charge is 0.338 e. The fourth-order valence-corrected chi connectivity index (χ4v) is 2.65. The van der Waals surface area contributed by atoms with E-state index >= 15 is 0 Å². The quantitative estimate of drug-likeness (QED) is 0.608. The van der Waals surface area contributed by atoms with Crippen LogP contribution in [-0.2, 0) is 6.54 Å². The maximum Gasteiger partial charge on any atom is 0.162 e. The van der Waals surface area contributed by atoms with E-state index in [2.05, 4.69) is 16.7 Å². The maximum absolute atomic E-state index is 11.5. The maximum atomic E-state index is 11.5. The molecule has 0 saturated carbocycles. The van der Waals surface area contributed by atoms with Gasteiger partial charge < -0.3 is 4.57 Å². The molecule has 0 amide bonds. The first kappa shape index (κ1) is 12.0. The van der Waals surface area contributed by atoms with Crippen LogP contribution >= 0.6 is 11.8 Å². The number of carbonyl (C=O) groups is 1. The molecule has 0 fully saturated rings. The second kappa shape index (κ2) is 5.23. The number of rotatable bonds is 4. The summed E-state index contributed by atoms with van der Waals surface area (Å²) in [5, 5.41) is 1.04. The molecule has 0 atom stereocenters. The first-order valence-corrected chi connectivity index (χ1v) is 6.73. The Morgan fingerprint density at radius 3 is 2.53 bits per heavy atom. The third-order valence-corrected chi connectivity index (χ3v) is 3.52. The minimum absolute atomic E-state index is 0.126. The van der Waals surface area contributed by atoms with Gasteiger partial charge in [0.15, 0.2) is 5.78 Å². The van der Waals surface area contributed by atoms with Gasteiger partial charge in [0.2, 0.25) is 0 Å². The van der Waals surface area contributed by atoms with Crippen molar-refractivity contribution >= 4 is 17.5 Å². The van der Waals surface area contributed by atoms with Crippen molar-refractivity contribution in [3.63, 3.8) is 0 Å². The van der Waals surface area contributed by atoms with E-state index < -0.39 is 0 Å². The second-order valence-electron chi connectivity index (χ2n) is 3.91. The Hall–Kier alpha value is -1.48. The van der Waals surface area contributed by atoms with Gasteiger partial charge in [-0.1, -0.05) is 30.3 Å². The van der Waals surface area contributed by atoms with Crippen molar-refractivity contribution in [3.8, 4) is 0 Å². The summed E-state index contributed by atoms with van der Waals surface area (Å²) in [6.07, 6.45) is 3.98. The van der Waals surface area contributed by atoms with Crippen LogP contribution in [0.15, 0.2) is 47.6 Å². The van der Waals surface area contributed by atoms with Crippen LogP contribution in [0.4, 0.5) is 0 Å². The lowest BCUT2D eigenvalue weighted by Gasteiger charge is -2.08. The van der Waals surface area contributed by atoms with E-state index in [0.717, 1.165) is 17.1 Å². The van der Waals surface area contributed by atoms with Crippen molar-refractivity contribution in [3.05, 3.63) is 53.7 Å². The SMILES string of the molecule is CSc1c(C(C)=O)ccn1Cc1ccccc1. The average molecular weight is 245 g/mol. The first-order valence-electron chi connectivity index (χ1n) is 5.50. The normalized spacial score (nSPS) is 10.5. The number of benzene rings is 1. The summed E-state index contributed by atoms with van der Waals surface area (Å²) in [7, 11) is 0. The number of hydrogen-bond donors (Lipinski definition) is 0. The highest BCUT2D eigenvalue weighted by molar-refractivity contribution is 7.98. The van der Waals surface area contributed by atoms with Crippen LogP contribution < -0.4 is 0 Å². The van der Waals surface area contributed by atoms with E-state index in [4.69, 9.17) is 0 Å². The lowest BCUT2D eigenvalue weighted by Crippen LogP contribution is -2.01. The van der Waals surface area contributed by atoms with Crippen molar-refractivity contribution in [2.75, 3.05) is 6.26 Å². The first-order chi connectivity index (χ1) is 8.22. The lowest BCUT2D eigenvalue weighted by molar-refractivity contribution is 0.101. The molecule has 1 heterocycles. The van der Waals surface area contributed by atoms with Gasteiger partial charge in [0.25, 0.3) is 0 Å². The van der Waals surface area contributed by atoms with Gasteiger partial charge >= 0.3 is 0 Å². The summed E-state index contributed by atoms with van der Waals surface area (Å²) in [5.74, 6) is 0.126. The van der Waals surface area contributed by atoms with Crippen molar-refractivity contribution in [1.29, 1.82) is 0 Å². The summed E-state index contributed by atoms with van der Waals surface area (Å²) in [5.41, 5.74) is 2.06. The third-order valence-electron chi connectivity index (χ3n) is 2.68. The predicted octanol–water partition coefficient (Wildman–Crippen LogP) is 3.46. The van der Waals surface area contributed by atoms with Crippen LogP contribution in [0.25, 0.3) is 0 Å². The highest BCUT2D eigenvalue weighted by Gasteiger charge is 2.11. The number of ketones is 1. The zero-order valence-corrected chi connectivity index (χ0v) is 10.8. The second-order valence-corrected chi connectivity index (χ2v) is 4.70. The monoisotopic (exact) mass is 245 g/mol. The number of carbonyl (C=O) groups excluding carboxylic acids is 1. The van der Waals surface area contributed by atoms with Gasteiger partial charge in [-0.25, -0.2) is 0 Å². The Labute approximate surface area is 106 Å². The summed E-state index contributed by atoms with van der Waals surface area (Å²) >= 11 is 1.62. The molecule has 0 bridgehead atoms. The summed E-state index contributed by atoms with van der Waals surface area (Å²) in [6, 6.07) is 12.2. The van der Waals surface area contributed by atoms with Crippen molar-refractivity contribution < 1.29 is 4.79 Å². The molecule has 17 heavy (non-hydrogen) atoms. The highest BCUT2D eigenvalue weighted by atomic mass is 32.2. The number of thioether (sulfide) groups is 1. The number of nitrogens with zero attached hydrogens (tertiary/aromatic N) is 1. The fraction of sp³-hybridized carbons (Fsp3) is 0.214. The average Bonchev–Trinajstić information content (AvgIpc) is 2.73. The minimum atomic E-state index is 0.126. The van der Waals surface area contributed by atoms with Gasteiger partial charge in [-0.3, -0.25) is 4.79 Å². The van der Waals surface area contributed by atoms with E-state index in [9.17, 15) is 4.79 Å². The van der Waals surface area contributed by atoms with Crippen LogP contribution in [0.3, 0.4) is 0 Å². The smallest absolute Gasteiger partial charge is 0.162 e. The van der Waals surface area contributed by atoms with Crippen molar-refractivity contribution in [2.24, 2.45) is 0 Å². The van der Waals surface area contributed by atoms with Crippen LogP contribution in [0, 0.1) is 0 Å². The van der Waals surface area contributed by atoms with Crippen LogP contribution in [0.5, 0.6) is 0 Å². The molecule has 2 nitrogen and oxygen atoms in total. The Kier molecular flexibility index (Phi) is 3.69. The van der Waals surface area contributed by atoms with Gasteiger partial charge in [0, 0.05) is 18.3 Å². The van der Waals surface area contributed by atoms with Crippen molar-refractivity contribution in [2.45, 2.75) is 18.5 Å². The van der Waals surface area contributed by atoms with Crippen LogP contribution in [-0.4, -0.2) is 16.6 Å². The van der Waals surface area contributed by atoms with Crippen molar-refractivity contribution in [1.82, 2.24) is 4.57 Å². The van der Waals surface area contributed by atoms with Gasteiger partial charge in [0.05, 0.1) is 5.03 Å². The molecule has 3 heteroatoms. The van der Waals surface area contributed by atoms with E-state index in [-0.39, 0.29) is 5.78 Å².